The summed E-state index contributed by atoms with van der Waals surface area (Å²) in [6.45, 7) is 9.42. The number of hydrogen-bond donors (Lipinski definition) is 1. The van der Waals surface area contributed by atoms with E-state index in [1.54, 1.807) is 0 Å². The minimum Gasteiger partial charge on any atom is -0.317 e. The minimum atomic E-state index is 0.799. The van der Waals surface area contributed by atoms with Crippen molar-refractivity contribution in [1.82, 2.24) is 5.32 Å². The Hall–Kier alpha value is -0.0400. The van der Waals surface area contributed by atoms with Crippen LogP contribution in [0.4, 0.5) is 0 Å². The molecule has 88 valence electrons. The van der Waals surface area contributed by atoms with Gasteiger partial charge in [0.15, 0.2) is 0 Å². The molecule has 2 aliphatic carbocycles. The summed E-state index contributed by atoms with van der Waals surface area (Å²) in [7, 11) is 0. The Morgan fingerprint density at radius 2 is 1.93 bits per heavy atom. The topological polar surface area (TPSA) is 12.0 Å². The second-order valence-corrected chi connectivity index (χ2v) is 6.15. The fourth-order valence-electron chi connectivity index (χ4n) is 3.53. The van der Waals surface area contributed by atoms with E-state index < -0.39 is 0 Å². The Labute approximate surface area is 95.0 Å². The fraction of sp³-hybridized carbons (Fsp3) is 1.00. The van der Waals surface area contributed by atoms with Gasteiger partial charge in [-0.25, -0.2) is 0 Å². The van der Waals surface area contributed by atoms with Crippen LogP contribution in [-0.4, -0.2) is 13.1 Å². The van der Waals surface area contributed by atoms with E-state index in [1.165, 1.54) is 38.6 Å². The molecule has 0 aromatic heterocycles. The molecule has 0 saturated heterocycles. The lowest BCUT2D eigenvalue weighted by Gasteiger charge is -2.32. The van der Waals surface area contributed by atoms with Crippen molar-refractivity contribution >= 4 is 0 Å². The lowest BCUT2D eigenvalue weighted by molar-refractivity contribution is 0.197. The molecular formula is C14H27N. The molecule has 2 fully saturated rings. The Kier molecular flexibility index (Phi) is 3.39. The van der Waals surface area contributed by atoms with Crippen molar-refractivity contribution in [1.29, 1.82) is 0 Å². The van der Waals surface area contributed by atoms with E-state index in [4.69, 9.17) is 0 Å². The molecule has 2 aliphatic rings. The van der Waals surface area contributed by atoms with Crippen LogP contribution in [0.15, 0.2) is 0 Å². The van der Waals surface area contributed by atoms with Crippen LogP contribution in [0, 0.1) is 23.2 Å². The third-order valence-corrected chi connectivity index (χ3v) is 4.97. The molecule has 2 rings (SSSR count). The summed E-state index contributed by atoms with van der Waals surface area (Å²) in [5.41, 5.74) is 0.799. The van der Waals surface area contributed by atoms with E-state index in [0.717, 1.165) is 29.7 Å². The highest BCUT2D eigenvalue weighted by Gasteiger charge is 2.54. The molecule has 2 saturated carbocycles. The predicted octanol–water partition coefficient (Wildman–Crippen LogP) is 3.45. The molecule has 1 nitrogen and oxygen atoms in total. The molecule has 0 heterocycles. The smallest absolute Gasteiger partial charge is 0.00151 e. The summed E-state index contributed by atoms with van der Waals surface area (Å²) < 4.78 is 0. The first-order chi connectivity index (χ1) is 7.18. The zero-order valence-corrected chi connectivity index (χ0v) is 10.7. The highest BCUT2D eigenvalue weighted by atomic mass is 14.9. The molecular weight excluding hydrogens is 182 g/mol. The molecule has 0 aliphatic heterocycles. The standard InChI is InChI=1S/C14H27N/c1-4-15-10-13-9-14(13)7-5-12(6-8-14)11(2)3/h11-13,15H,4-10H2,1-3H3. The second-order valence-electron chi connectivity index (χ2n) is 6.15. The summed E-state index contributed by atoms with van der Waals surface area (Å²) >= 11 is 0. The molecule has 0 aromatic rings. The Morgan fingerprint density at radius 1 is 1.27 bits per heavy atom. The first-order valence-corrected chi connectivity index (χ1v) is 6.88. The van der Waals surface area contributed by atoms with Gasteiger partial charge in [-0.1, -0.05) is 20.8 Å². The van der Waals surface area contributed by atoms with Gasteiger partial charge >= 0.3 is 0 Å². The van der Waals surface area contributed by atoms with E-state index in [2.05, 4.69) is 26.1 Å². The molecule has 15 heavy (non-hydrogen) atoms. The summed E-state index contributed by atoms with van der Waals surface area (Å²) in [6, 6.07) is 0. The summed E-state index contributed by atoms with van der Waals surface area (Å²) in [6.07, 6.45) is 7.56. The van der Waals surface area contributed by atoms with Gasteiger partial charge in [-0.2, -0.15) is 0 Å². The maximum atomic E-state index is 3.52. The Bertz CT molecular complexity index is 201. The van der Waals surface area contributed by atoms with Crippen molar-refractivity contribution in [2.24, 2.45) is 23.2 Å². The molecule has 1 unspecified atom stereocenters. The Morgan fingerprint density at radius 3 is 2.47 bits per heavy atom. The summed E-state index contributed by atoms with van der Waals surface area (Å²) in [5, 5.41) is 3.52. The van der Waals surface area contributed by atoms with Crippen LogP contribution >= 0.6 is 0 Å². The summed E-state index contributed by atoms with van der Waals surface area (Å²) in [4.78, 5) is 0. The summed E-state index contributed by atoms with van der Waals surface area (Å²) in [5.74, 6) is 2.95. The van der Waals surface area contributed by atoms with Crippen LogP contribution in [0.5, 0.6) is 0 Å². The average molecular weight is 209 g/mol. The lowest BCUT2D eigenvalue weighted by Crippen LogP contribution is -2.24. The van der Waals surface area contributed by atoms with Crippen LogP contribution < -0.4 is 5.32 Å². The largest absolute Gasteiger partial charge is 0.317 e. The third-order valence-electron chi connectivity index (χ3n) is 4.97. The van der Waals surface area contributed by atoms with Crippen LogP contribution in [0.2, 0.25) is 0 Å². The van der Waals surface area contributed by atoms with Crippen LogP contribution in [0.3, 0.4) is 0 Å². The van der Waals surface area contributed by atoms with E-state index in [-0.39, 0.29) is 0 Å². The highest BCUT2D eigenvalue weighted by Crippen LogP contribution is 2.62. The van der Waals surface area contributed by atoms with Gasteiger partial charge in [-0.15, -0.1) is 0 Å². The van der Waals surface area contributed by atoms with Crippen LogP contribution in [0.25, 0.3) is 0 Å². The quantitative estimate of drug-likeness (QED) is 0.748. The molecule has 1 atom stereocenters. The van der Waals surface area contributed by atoms with Gasteiger partial charge < -0.3 is 5.32 Å². The molecule has 1 heteroatoms. The van der Waals surface area contributed by atoms with Gasteiger partial charge in [0.05, 0.1) is 0 Å². The van der Waals surface area contributed by atoms with Gasteiger partial charge in [0, 0.05) is 0 Å². The van der Waals surface area contributed by atoms with Crippen molar-refractivity contribution in [3.8, 4) is 0 Å². The molecule has 0 amide bonds. The zero-order chi connectivity index (χ0) is 10.9. The van der Waals surface area contributed by atoms with Crippen molar-refractivity contribution in [3.05, 3.63) is 0 Å². The molecule has 0 radical (unpaired) electrons. The monoisotopic (exact) mass is 209 g/mol. The van der Waals surface area contributed by atoms with Crippen LogP contribution in [0.1, 0.15) is 52.9 Å². The van der Waals surface area contributed by atoms with Crippen molar-refractivity contribution in [2.45, 2.75) is 52.9 Å². The zero-order valence-electron chi connectivity index (χ0n) is 10.7. The molecule has 1 spiro atoms. The number of rotatable bonds is 4. The highest BCUT2D eigenvalue weighted by molar-refractivity contribution is 5.05. The predicted molar refractivity (Wildman–Crippen MR) is 65.9 cm³/mol. The van der Waals surface area contributed by atoms with Crippen molar-refractivity contribution < 1.29 is 0 Å². The van der Waals surface area contributed by atoms with E-state index >= 15 is 0 Å². The van der Waals surface area contributed by atoms with Crippen molar-refractivity contribution in [3.63, 3.8) is 0 Å². The van der Waals surface area contributed by atoms with E-state index in [9.17, 15) is 0 Å². The SMILES string of the molecule is CCNCC1CC12CCC(C(C)C)CC2. The number of hydrogen-bond acceptors (Lipinski definition) is 1. The van der Waals surface area contributed by atoms with E-state index in [0.29, 0.717) is 0 Å². The molecule has 0 bridgehead atoms. The van der Waals surface area contributed by atoms with E-state index in [1.807, 2.05) is 0 Å². The van der Waals surface area contributed by atoms with Gasteiger partial charge in [-0.05, 0) is 68.4 Å². The maximum absolute atomic E-state index is 3.52. The number of nitrogens with one attached hydrogen (secondary N) is 1. The van der Waals surface area contributed by atoms with Crippen molar-refractivity contribution in [2.75, 3.05) is 13.1 Å². The molecule has 1 N–H and O–H groups in total. The van der Waals surface area contributed by atoms with Gasteiger partial charge in [-0.3, -0.25) is 0 Å². The first-order valence-electron chi connectivity index (χ1n) is 6.88. The van der Waals surface area contributed by atoms with Gasteiger partial charge in [0.2, 0.25) is 0 Å². The maximum Gasteiger partial charge on any atom is -0.00151 e. The van der Waals surface area contributed by atoms with Crippen LogP contribution in [-0.2, 0) is 0 Å². The fourth-order valence-corrected chi connectivity index (χ4v) is 3.53. The second kappa shape index (κ2) is 4.45. The minimum absolute atomic E-state index is 0.799. The Balaban J connectivity index is 1.75. The average Bonchev–Trinajstić information content (AvgIpc) is 2.89. The lowest BCUT2D eigenvalue weighted by atomic mass is 9.74. The van der Waals surface area contributed by atoms with Gasteiger partial charge in [0.25, 0.3) is 0 Å². The first kappa shape index (κ1) is 11.4. The van der Waals surface area contributed by atoms with Gasteiger partial charge in [0.1, 0.15) is 0 Å². The third kappa shape index (κ3) is 2.38. The molecule has 0 aromatic carbocycles. The normalized spacial score (nSPS) is 40.0.